The monoisotopic (exact) mass is 395 g/mol. The van der Waals surface area contributed by atoms with Gasteiger partial charge in [0, 0.05) is 19.2 Å². The molecule has 8 nitrogen and oxygen atoms in total. The van der Waals surface area contributed by atoms with Crippen molar-refractivity contribution >= 4 is 17.4 Å². The Bertz CT molecular complexity index is 1080. The molecule has 9 heteroatoms. The van der Waals surface area contributed by atoms with Gasteiger partial charge in [-0.2, -0.15) is 0 Å². The van der Waals surface area contributed by atoms with Crippen molar-refractivity contribution in [3.8, 4) is 0 Å². The Balaban J connectivity index is 1.19. The SMILES string of the molecule is Cn1cnnc1Sc1ccc(CN2CCC(c3nnc4ccccn34)CC2)o1. The summed E-state index contributed by atoms with van der Waals surface area (Å²) in [5, 5.41) is 18.4. The van der Waals surface area contributed by atoms with Crippen LogP contribution in [0.25, 0.3) is 5.65 Å². The van der Waals surface area contributed by atoms with Gasteiger partial charge in [0.05, 0.1) is 6.54 Å². The fourth-order valence-corrected chi connectivity index (χ4v) is 4.40. The molecular weight excluding hydrogens is 374 g/mol. The van der Waals surface area contributed by atoms with Crippen molar-refractivity contribution in [2.45, 2.75) is 35.6 Å². The van der Waals surface area contributed by atoms with Gasteiger partial charge < -0.3 is 8.98 Å². The maximum atomic E-state index is 5.99. The minimum atomic E-state index is 0.451. The van der Waals surface area contributed by atoms with E-state index in [1.54, 1.807) is 6.33 Å². The van der Waals surface area contributed by atoms with E-state index in [1.807, 2.05) is 35.9 Å². The van der Waals surface area contributed by atoms with Crippen molar-refractivity contribution in [3.05, 3.63) is 54.4 Å². The lowest BCUT2D eigenvalue weighted by molar-refractivity contribution is 0.184. The lowest BCUT2D eigenvalue weighted by Gasteiger charge is -2.30. The van der Waals surface area contributed by atoms with Gasteiger partial charge in [-0.15, -0.1) is 20.4 Å². The molecule has 4 aromatic heterocycles. The van der Waals surface area contributed by atoms with Crippen LogP contribution in [0.15, 0.2) is 57.5 Å². The first kappa shape index (κ1) is 17.4. The number of aryl methyl sites for hydroxylation is 1. The largest absolute Gasteiger partial charge is 0.453 e. The molecule has 0 amide bonds. The summed E-state index contributed by atoms with van der Waals surface area (Å²) in [4.78, 5) is 2.44. The summed E-state index contributed by atoms with van der Waals surface area (Å²) in [7, 11) is 1.93. The van der Waals surface area contributed by atoms with E-state index in [4.69, 9.17) is 4.42 Å². The molecule has 0 unspecified atom stereocenters. The Labute approximate surface area is 166 Å². The number of likely N-dealkylation sites (tertiary alicyclic amines) is 1. The maximum absolute atomic E-state index is 5.99. The molecule has 0 aliphatic carbocycles. The third-order valence-electron chi connectivity index (χ3n) is 5.17. The summed E-state index contributed by atoms with van der Waals surface area (Å²) in [6.45, 7) is 2.88. The first-order valence-electron chi connectivity index (χ1n) is 9.39. The normalized spacial score (nSPS) is 16.2. The summed E-state index contributed by atoms with van der Waals surface area (Å²) >= 11 is 1.49. The average Bonchev–Trinajstić information content (AvgIpc) is 3.44. The van der Waals surface area contributed by atoms with Crippen LogP contribution >= 0.6 is 11.8 Å². The highest BCUT2D eigenvalue weighted by molar-refractivity contribution is 7.99. The highest BCUT2D eigenvalue weighted by Gasteiger charge is 2.25. The molecular formula is C19H21N7OS. The summed E-state index contributed by atoms with van der Waals surface area (Å²) in [6.07, 6.45) is 5.90. The topological polar surface area (TPSA) is 77.3 Å². The first-order chi connectivity index (χ1) is 13.8. The Kier molecular flexibility index (Phi) is 4.61. The number of hydrogen-bond donors (Lipinski definition) is 0. The minimum absolute atomic E-state index is 0.451. The van der Waals surface area contributed by atoms with Crippen molar-refractivity contribution in [2.75, 3.05) is 13.1 Å². The number of rotatable bonds is 5. The minimum Gasteiger partial charge on any atom is -0.453 e. The zero-order valence-electron chi connectivity index (χ0n) is 15.6. The van der Waals surface area contributed by atoms with Gasteiger partial charge in [-0.05, 0) is 62.0 Å². The molecule has 0 aromatic carbocycles. The van der Waals surface area contributed by atoms with E-state index in [1.165, 1.54) is 11.8 Å². The van der Waals surface area contributed by atoms with Crippen LogP contribution in [-0.4, -0.2) is 47.4 Å². The number of piperidine rings is 1. The fourth-order valence-electron chi connectivity index (χ4n) is 3.66. The second kappa shape index (κ2) is 7.40. The average molecular weight is 395 g/mol. The van der Waals surface area contributed by atoms with Gasteiger partial charge in [0.1, 0.15) is 17.9 Å². The molecule has 144 valence electrons. The molecule has 1 fully saturated rings. The van der Waals surface area contributed by atoms with Crippen LogP contribution < -0.4 is 0 Å². The maximum Gasteiger partial charge on any atom is 0.198 e. The number of pyridine rings is 1. The standard InChI is InChI=1S/C19H21N7OS/c1-24-13-20-23-19(24)28-17-6-5-15(27-17)12-25-10-7-14(8-11-25)18-22-21-16-4-2-3-9-26(16)18/h2-6,9,13-14H,7-8,10-12H2,1H3. The van der Waals surface area contributed by atoms with Crippen LogP contribution in [0.5, 0.6) is 0 Å². The van der Waals surface area contributed by atoms with Crippen LogP contribution in [0.2, 0.25) is 0 Å². The second-order valence-electron chi connectivity index (χ2n) is 7.08. The Morgan fingerprint density at radius 1 is 1.11 bits per heavy atom. The van der Waals surface area contributed by atoms with E-state index in [2.05, 4.69) is 42.0 Å². The molecule has 0 N–H and O–H groups in total. The molecule has 0 radical (unpaired) electrons. The molecule has 5 rings (SSSR count). The molecule has 0 spiro atoms. The van der Waals surface area contributed by atoms with E-state index in [0.717, 1.165) is 60.0 Å². The predicted molar refractivity (Wildman–Crippen MR) is 104 cm³/mol. The summed E-state index contributed by atoms with van der Waals surface area (Å²) < 4.78 is 9.98. The number of aromatic nitrogens is 6. The highest BCUT2D eigenvalue weighted by atomic mass is 32.2. The molecule has 0 atom stereocenters. The zero-order valence-corrected chi connectivity index (χ0v) is 16.4. The molecule has 1 aliphatic heterocycles. The molecule has 4 aromatic rings. The predicted octanol–water partition coefficient (Wildman–Crippen LogP) is 2.98. The molecule has 1 saturated heterocycles. The van der Waals surface area contributed by atoms with Gasteiger partial charge in [0.25, 0.3) is 0 Å². The Morgan fingerprint density at radius 3 is 2.82 bits per heavy atom. The molecule has 0 bridgehead atoms. The Hall–Kier alpha value is -2.65. The number of fused-ring (bicyclic) bond motifs is 1. The molecule has 5 heterocycles. The summed E-state index contributed by atoms with van der Waals surface area (Å²) in [6, 6.07) is 10.1. The van der Waals surface area contributed by atoms with E-state index in [9.17, 15) is 0 Å². The second-order valence-corrected chi connectivity index (χ2v) is 8.06. The van der Waals surface area contributed by atoms with Gasteiger partial charge in [0.2, 0.25) is 0 Å². The van der Waals surface area contributed by atoms with E-state index in [0.29, 0.717) is 5.92 Å². The van der Waals surface area contributed by atoms with Gasteiger partial charge in [0.15, 0.2) is 15.9 Å². The summed E-state index contributed by atoms with van der Waals surface area (Å²) in [5.74, 6) is 2.51. The van der Waals surface area contributed by atoms with Crippen molar-refractivity contribution in [1.29, 1.82) is 0 Å². The van der Waals surface area contributed by atoms with E-state index in [-0.39, 0.29) is 0 Å². The van der Waals surface area contributed by atoms with Crippen LogP contribution in [0.3, 0.4) is 0 Å². The van der Waals surface area contributed by atoms with Gasteiger partial charge in [-0.1, -0.05) is 6.07 Å². The number of hydrogen-bond acceptors (Lipinski definition) is 7. The molecule has 1 aliphatic rings. The Morgan fingerprint density at radius 2 is 2.00 bits per heavy atom. The van der Waals surface area contributed by atoms with Crippen LogP contribution in [-0.2, 0) is 13.6 Å². The van der Waals surface area contributed by atoms with E-state index < -0.39 is 0 Å². The van der Waals surface area contributed by atoms with Crippen molar-refractivity contribution in [2.24, 2.45) is 7.05 Å². The number of furan rings is 1. The highest BCUT2D eigenvalue weighted by Crippen LogP contribution is 2.30. The van der Waals surface area contributed by atoms with Crippen molar-refractivity contribution < 1.29 is 4.42 Å². The van der Waals surface area contributed by atoms with Gasteiger partial charge in [-0.25, -0.2) is 0 Å². The molecule has 28 heavy (non-hydrogen) atoms. The third-order valence-corrected chi connectivity index (χ3v) is 6.14. The molecule has 0 saturated carbocycles. The third kappa shape index (κ3) is 3.43. The summed E-state index contributed by atoms with van der Waals surface area (Å²) in [5.41, 5.74) is 0.920. The lowest BCUT2D eigenvalue weighted by Crippen LogP contribution is -2.32. The van der Waals surface area contributed by atoms with Crippen LogP contribution in [0.1, 0.15) is 30.3 Å². The lowest BCUT2D eigenvalue weighted by atomic mass is 9.96. The fraction of sp³-hybridized carbons (Fsp3) is 0.368. The quantitative estimate of drug-likeness (QED) is 0.514. The van der Waals surface area contributed by atoms with Crippen molar-refractivity contribution in [1.82, 2.24) is 34.3 Å². The van der Waals surface area contributed by atoms with E-state index >= 15 is 0 Å². The number of nitrogens with zero attached hydrogens (tertiary/aromatic N) is 7. The zero-order chi connectivity index (χ0) is 18.9. The van der Waals surface area contributed by atoms with Gasteiger partial charge >= 0.3 is 0 Å². The smallest absolute Gasteiger partial charge is 0.198 e. The first-order valence-corrected chi connectivity index (χ1v) is 10.2. The van der Waals surface area contributed by atoms with Crippen molar-refractivity contribution in [3.63, 3.8) is 0 Å². The van der Waals surface area contributed by atoms with Crippen LogP contribution in [0, 0.1) is 0 Å². The van der Waals surface area contributed by atoms with Crippen LogP contribution in [0.4, 0.5) is 0 Å². The van der Waals surface area contributed by atoms with Gasteiger partial charge in [-0.3, -0.25) is 9.30 Å².